The minimum atomic E-state index is -1.01. The zero-order valence-electron chi connectivity index (χ0n) is 20.9. The van der Waals surface area contributed by atoms with Crippen LogP contribution in [0, 0.1) is 0 Å². The molecule has 0 spiro atoms. The number of aliphatic hydroxyl groups is 2. The highest BCUT2D eigenvalue weighted by molar-refractivity contribution is 5.97. The number of aliphatic hydroxyl groups excluding tert-OH is 2. The van der Waals surface area contributed by atoms with E-state index in [0.29, 0.717) is 35.5 Å². The summed E-state index contributed by atoms with van der Waals surface area (Å²) in [5.74, 6) is 2.46. The second-order valence-corrected chi connectivity index (χ2v) is 8.47. The highest BCUT2D eigenvalue weighted by atomic mass is 16.5. The first kappa shape index (κ1) is 26.0. The summed E-state index contributed by atoms with van der Waals surface area (Å²) in [5, 5.41) is 21.1. The number of nitrogens with one attached hydrogen (secondary N) is 1. The van der Waals surface area contributed by atoms with Gasteiger partial charge in [0.25, 0.3) is 5.91 Å². The first-order valence-electron chi connectivity index (χ1n) is 12.0. The van der Waals surface area contributed by atoms with E-state index in [1.807, 2.05) is 54.6 Å². The molecule has 0 fully saturated rings. The number of hydrogen-bond acceptors (Lipinski definition) is 7. The number of hydrogen-bond donors (Lipinski definition) is 3. The fourth-order valence-electron chi connectivity index (χ4n) is 4.00. The number of para-hydroxylation sites is 1. The quantitative estimate of drug-likeness (QED) is 0.271. The van der Waals surface area contributed by atoms with E-state index in [2.05, 4.69) is 9.88 Å². The lowest BCUT2D eigenvalue weighted by atomic mass is 10.1. The van der Waals surface area contributed by atoms with E-state index < -0.39 is 12.7 Å². The molecule has 1 amide bonds. The van der Waals surface area contributed by atoms with Crippen LogP contribution < -0.4 is 19.5 Å². The SMILES string of the molecule is COc1ccc(CCn2c(COc3ccccc3)nc3cc(C(=O)NCC(O)CO)ccc32)cc1OC. The molecule has 0 saturated heterocycles. The van der Waals surface area contributed by atoms with Gasteiger partial charge < -0.3 is 34.3 Å². The number of imidazole rings is 1. The molecule has 1 heterocycles. The van der Waals surface area contributed by atoms with Gasteiger partial charge in [0, 0.05) is 18.7 Å². The normalized spacial score (nSPS) is 11.8. The van der Waals surface area contributed by atoms with Gasteiger partial charge in [-0.05, 0) is 54.4 Å². The Labute approximate surface area is 215 Å². The van der Waals surface area contributed by atoms with Gasteiger partial charge in [-0.1, -0.05) is 24.3 Å². The molecule has 0 radical (unpaired) electrons. The van der Waals surface area contributed by atoms with Crippen molar-refractivity contribution in [2.24, 2.45) is 0 Å². The molecule has 0 saturated carbocycles. The number of benzene rings is 3. The number of methoxy groups -OCH3 is 2. The number of rotatable bonds is 12. The van der Waals surface area contributed by atoms with Crippen molar-refractivity contribution in [1.82, 2.24) is 14.9 Å². The summed E-state index contributed by atoms with van der Waals surface area (Å²) in [7, 11) is 3.22. The molecule has 0 aliphatic rings. The van der Waals surface area contributed by atoms with Crippen LogP contribution >= 0.6 is 0 Å². The Balaban J connectivity index is 1.60. The summed E-state index contributed by atoms with van der Waals surface area (Å²) in [5.41, 5.74) is 3.03. The van der Waals surface area contributed by atoms with Gasteiger partial charge >= 0.3 is 0 Å². The predicted molar refractivity (Wildman–Crippen MR) is 139 cm³/mol. The van der Waals surface area contributed by atoms with Crippen LogP contribution in [0.25, 0.3) is 11.0 Å². The first-order valence-corrected chi connectivity index (χ1v) is 12.0. The molecule has 37 heavy (non-hydrogen) atoms. The molecule has 0 aliphatic carbocycles. The predicted octanol–water partition coefficient (Wildman–Crippen LogP) is 2.96. The molecule has 9 nitrogen and oxygen atoms in total. The Bertz CT molecular complexity index is 1340. The lowest BCUT2D eigenvalue weighted by Crippen LogP contribution is -2.33. The van der Waals surface area contributed by atoms with E-state index in [0.717, 1.165) is 22.7 Å². The third-order valence-electron chi connectivity index (χ3n) is 5.98. The number of aromatic nitrogens is 2. The van der Waals surface area contributed by atoms with Crippen LogP contribution in [-0.2, 0) is 19.6 Å². The van der Waals surface area contributed by atoms with E-state index in [1.54, 1.807) is 26.4 Å². The fourth-order valence-corrected chi connectivity index (χ4v) is 4.00. The number of carbonyl (C=O) groups excluding carboxylic acids is 1. The maximum atomic E-state index is 12.5. The van der Waals surface area contributed by atoms with Gasteiger partial charge in [-0.2, -0.15) is 0 Å². The lowest BCUT2D eigenvalue weighted by molar-refractivity contribution is 0.0802. The highest BCUT2D eigenvalue weighted by Gasteiger charge is 2.16. The molecule has 3 N–H and O–H groups in total. The molecular formula is C28H31N3O6. The van der Waals surface area contributed by atoms with Crippen LogP contribution in [0.15, 0.2) is 66.7 Å². The minimum absolute atomic E-state index is 0.0384. The largest absolute Gasteiger partial charge is 0.493 e. The molecule has 3 aromatic carbocycles. The van der Waals surface area contributed by atoms with Gasteiger partial charge in [-0.15, -0.1) is 0 Å². The highest BCUT2D eigenvalue weighted by Crippen LogP contribution is 2.28. The van der Waals surface area contributed by atoms with Gasteiger partial charge in [-0.25, -0.2) is 4.98 Å². The zero-order chi connectivity index (χ0) is 26.2. The van der Waals surface area contributed by atoms with Crippen molar-refractivity contribution >= 4 is 16.9 Å². The third kappa shape index (κ3) is 6.38. The second-order valence-electron chi connectivity index (χ2n) is 8.47. The Morgan fingerprint density at radius 2 is 1.81 bits per heavy atom. The molecule has 9 heteroatoms. The van der Waals surface area contributed by atoms with Crippen LogP contribution in [0.5, 0.6) is 17.2 Å². The summed E-state index contributed by atoms with van der Waals surface area (Å²) in [6, 6.07) is 20.7. The molecule has 0 aliphatic heterocycles. The number of ether oxygens (including phenoxy) is 3. The maximum absolute atomic E-state index is 12.5. The molecule has 4 aromatic rings. The molecular weight excluding hydrogens is 474 g/mol. The van der Waals surface area contributed by atoms with Crippen molar-refractivity contribution in [3.63, 3.8) is 0 Å². The number of aryl methyl sites for hydroxylation is 2. The van der Waals surface area contributed by atoms with Gasteiger partial charge in [0.1, 0.15) is 18.2 Å². The number of fused-ring (bicyclic) bond motifs is 1. The summed E-state index contributed by atoms with van der Waals surface area (Å²) in [4.78, 5) is 17.3. The average Bonchev–Trinajstić information content (AvgIpc) is 3.30. The van der Waals surface area contributed by atoms with Gasteiger partial charge in [0.05, 0.1) is 38.0 Å². The van der Waals surface area contributed by atoms with Crippen molar-refractivity contribution in [1.29, 1.82) is 0 Å². The molecule has 1 atom stereocenters. The fraction of sp³-hybridized carbons (Fsp3) is 0.286. The first-order chi connectivity index (χ1) is 18.0. The van der Waals surface area contributed by atoms with Gasteiger partial charge in [-0.3, -0.25) is 4.79 Å². The molecule has 4 rings (SSSR count). The van der Waals surface area contributed by atoms with E-state index >= 15 is 0 Å². The van der Waals surface area contributed by atoms with Crippen LogP contribution in [0.2, 0.25) is 0 Å². The van der Waals surface area contributed by atoms with Gasteiger partial charge in [0.2, 0.25) is 0 Å². The van der Waals surface area contributed by atoms with Crippen molar-refractivity contribution in [2.45, 2.75) is 25.7 Å². The third-order valence-corrected chi connectivity index (χ3v) is 5.98. The molecule has 1 aromatic heterocycles. The topological polar surface area (TPSA) is 115 Å². The Morgan fingerprint density at radius 3 is 2.54 bits per heavy atom. The second kappa shape index (κ2) is 12.2. The summed E-state index contributed by atoms with van der Waals surface area (Å²) in [6.07, 6.45) is -0.295. The Morgan fingerprint density at radius 1 is 1.03 bits per heavy atom. The van der Waals surface area contributed by atoms with E-state index in [9.17, 15) is 9.90 Å². The molecule has 194 valence electrons. The van der Waals surface area contributed by atoms with Crippen molar-refractivity contribution in [3.8, 4) is 17.2 Å². The Kier molecular flexibility index (Phi) is 8.60. The average molecular weight is 506 g/mol. The lowest BCUT2D eigenvalue weighted by Gasteiger charge is -2.13. The standard InChI is InChI=1S/C28H31N3O6/c1-35-25-11-8-19(14-26(25)36-2)12-13-31-24-10-9-20(28(34)29-16-21(33)17-32)15-23(24)30-27(31)18-37-22-6-4-3-5-7-22/h3-11,14-15,21,32-33H,12-13,16-18H2,1-2H3,(H,29,34). The monoisotopic (exact) mass is 505 g/mol. The number of amides is 1. The zero-order valence-corrected chi connectivity index (χ0v) is 20.9. The van der Waals surface area contributed by atoms with Gasteiger partial charge in [0.15, 0.2) is 11.5 Å². The van der Waals surface area contributed by atoms with Crippen molar-refractivity contribution < 1.29 is 29.2 Å². The smallest absolute Gasteiger partial charge is 0.251 e. The Hall–Kier alpha value is -4.08. The van der Waals surface area contributed by atoms with E-state index in [4.69, 9.17) is 24.3 Å². The van der Waals surface area contributed by atoms with Crippen molar-refractivity contribution in [2.75, 3.05) is 27.4 Å². The number of nitrogens with zero attached hydrogens (tertiary/aromatic N) is 2. The van der Waals surface area contributed by atoms with E-state index in [-0.39, 0.29) is 19.1 Å². The minimum Gasteiger partial charge on any atom is -0.493 e. The van der Waals surface area contributed by atoms with E-state index in [1.165, 1.54) is 0 Å². The van der Waals surface area contributed by atoms with Crippen molar-refractivity contribution in [3.05, 3.63) is 83.7 Å². The number of carbonyl (C=O) groups is 1. The summed E-state index contributed by atoms with van der Waals surface area (Å²) < 4.78 is 18.9. The molecule has 1 unspecified atom stereocenters. The van der Waals surface area contributed by atoms with Crippen LogP contribution in [0.3, 0.4) is 0 Å². The van der Waals surface area contributed by atoms with Crippen LogP contribution in [0.1, 0.15) is 21.7 Å². The summed E-state index contributed by atoms with van der Waals surface area (Å²) in [6.45, 7) is 0.431. The van der Waals surface area contributed by atoms with Crippen LogP contribution in [0.4, 0.5) is 0 Å². The molecule has 0 bridgehead atoms. The van der Waals surface area contributed by atoms with Crippen LogP contribution in [-0.4, -0.2) is 59.1 Å². The summed E-state index contributed by atoms with van der Waals surface area (Å²) >= 11 is 0. The maximum Gasteiger partial charge on any atom is 0.251 e.